The van der Waals surface area contributed by atoms with E-state index < -0.39 is 4.92 Å². The van der Waals surface area contributed by atoms with Gasteiger partial charge in [-0.3, -0.25) is 10.1 Å². The minimum Gasteiger partial charge on any atom is -0.361 e. The fraction of sp³-hybridized carbons (Fsp3) is 0.308. The molecule has 0 aliphatic carbocycles. The Morgan fingerprint density at radius 3 is 2.90 bits per heavy atom. The van der Waals surface area contributed by atoms with Crippen LogP contribution in [0.5, 0.6) is 0 Å². The van der Waals surface area contributed by atoms with E-state index in [2.05, 4.69) is 22.2 Å². The fourth-order valence-corrected chi connectivity index (χ4v) is 2.59. The molecule has 21 heavy (non-hydrogen) atoms. The molecular formula is C13H13N5O2S. The SMILES string of the molecule is CCc1cnc(C(C)Nc2ccc([N+](=O)[O-])c(C#N)n2)s1. The molecule has 2 heterocycles. The topological polar surface area (TPSA) is 105 Å². The largest absolute Gasteiger partial charge is 0.361 e. The van der Waals surface area contributed by atoms with Crippen LogP contribution in [0.3, 0.4) is 0 Å². The van der Waals surface area contributed by atoms with E-state index in [9.17, 15) is 10.1 Å². The molecule has 0 spiro atoms. The van der Waals surface area contributed by atoms with Gasteiger partial charge < -0.3 is 5.32 Å². The Morgan fingerprint density at radius 1 is 1.57 bits per heavy atom. The number of nitriles is 1. The maximum absolute atomic E-state index is 10.8. The normalized spacial score (nSPS) is 11.7. The molecule has 0 fully saturated rings. The zero-order valence-electron chi connectivity index (χ0n) is 11.5. The molecule has 1 unspecified atom stereocenters. The molecule has 0 bridgehead atoms. The monoisotopic (exact) mass is 303 g/mol. The third-order valence-corrected chi connectivity index (χ3v) is 4.16. The van der Waals surface area contributed by atoms with E-state index in [1.807, 2.05) is 13.1 Å². The van der Waals surface area contributed by atoms with Crippen molar-refractivity contribution >= 4 is 22.8 Å². The number of aryl methyl sites for hydroxylation is 1. The number of nitrogens with zero attached hydrogens (tertiary/aromatic N) is 4. The number of aromatic nitrogens is 2. The summed E-state index contributed by atoms with van der Waals surface area (Å²) in [6.45, 7) is 3.99. The maximum Gasteiger partial charge on any atom is 0.305 e. The van der Waals surface area contributed by atoms with Crippen LogP contribution in [0.25, 0.3) is 0 Å². The Labute approximate surface area is 125 Å². The molecule has 1 atom stereocenters. The Morgan fingerprint density at radius 2 is 2.33 bits per heavy atom. The predicted octanol–water partition coefficient (Wildman–Crippen LogP) is 3.05. The van der Waals surface area contributed by atoms with Crippen LogP contribution in [-0.4, -0.2) is 14.9 Å². The van der Waals surface area contributed by atoms with Gasteiger partial charge in [0.15, 0.2) is 0 Å². The summed E-state index contributed by atoms with van der Waals surface area (Å²) in [5.74, 6) is 0.415. The van der Waals surface area contributed by atoms with Gasteiger partial charge in [0.05, 0.1) is 11.0 Å². The Hall–Kier alpha value is -2.53. The number of anilines is 1. The summed E-state index contributed by atoms with van der Waals surface area (Å²) in [6.07, 6.45) is 2.76. The summed E-state index contributed by atoms with van der Waals surface area (Å²) in [6, 6.07) is 4.42. The van der Waals surface area contributed by atoms with Crippen molar-refractivity contribution in [2.75, 3.05) is 5.32 Å². The van der Waals surface area contributed by atoms with Crippen molar-refractivity contribution < 1.29 is 4.92 Å². The third-order valence-electron chi connectivity index (χ3n) is 2.83. The molecule has 0 amide bonds. The summed E-state index contributed by atoms with van der Waals surface area (Å²) in [7, 11) is 0. The van der Waals surface area contributed by atoms with Crippen molar-refractivity contribution in [1.82, 2.24) is 9.97 Å². The second-order valence-electron chi connectivity index (χ2n) is 4.32. The van der Waals surface area contributed by atoms with Crippen LogP contribution < -0.4 is 5.32 Å². The van der Waals surface area contributed by atoms with E-state index in [0.717, 1.165) is 11.4 Å². The van der Waals surface area contributed by atoms with E-state index in [0.29, 0.717) is 5.82 Å². The first-order valence-corrected chi connectivity index (χ1v) is 7.13. The van der Waals surface area contributed by atoms with Crippen molar-refractivity contribution in [3.8, 4) is 6.07 Å². The van der Waals surface area contributed by atoms with Crippen LogP contribution in [0.15, 0.2) is 18.3 Å². The summed E-state index contributed by atoms with van der Waals surface area (Å²) >= 11 is 1.60. The number of nitrogens with one attached hydrogen (secondary N) is 1. The van der Waals surface area contributed by atoms with Crippen LogP contribution in [0.1, 0.15) is 35.5 Å². The second kappa shape index (κ2) is 6.28. The first-order chi connectivity index (χ1) is 10.0. The van der Waals surface area contributed by atoms with Gasteiger partial charge in [-0.1, -0.05) is 6.92 Å². The lowest BCUT2D eigenvalue weighted by molar-refractivity contribution is -0.385. The van der Waals surface area contributed by atoms with Gasteiger partial charge in [0.25, 0.3) is 0 Å². The van der Waals surface area contributed by atoms with Gasteiger partial charge in [-0.05, 0) is 19.4 Å². The van der Waals surface area contributed by atoms with Crippen molar-refractivity contribution in [2.45, 2.75) is 26.3 Å². The Balaban J connectivity index is 2.19. The molecule has 1 N–H and O–H groups in total. The van der Waals surface area contributed by atoms with Gasteiger partial charge in [-0.2, -0.15) is 5.26 Å². The maximum atomic E-state index is 10.8. The molecule has 0 saturated carbocycles. The van der Waals surface area contributed by atoms with Crippen LogP contribution >= 0.6 is 11.3 Å². The highest BCUT2D eigenvalue weighted by molar-refractivity contribution is 7.11. The van der Waals surface area contributed by atoms with Crippen LogP contribution in [0.2, 0.25) is 0 Å². The predicted molar refractivity (Wildman–Crippen MR) is 79.1 cm³/mol. The van der Waals surface area contributed by atoms with E-state index in [1.54, 1.807) is 17.4 Å². The first kappa shape index (κ1) is 14.9. The lowest BCUT2D eigenvalue weighted by Gasteiger charge is -2.11. The summed E-state index contributed by atoms with van der Waals surface area (Å²) < 4.78 is 0. The fourth-order valence-electron chi connectivity index (χ4n) is 1.73. The van der Waals surface area contributed by atoms with Gasteiger partial charge in [0, 0.05) is 17.1 Å². The molecule has 2 aromatic heterocycles. The van der Waals surface area contributed by atoms with Crippen LogP contribution in [0.4, 0.5) is 11.5 Å². The number of rotatable bonds is 5. The minimum absolute atomic E-state index is 0.0872. The van der Waals surface area contributed by atoms with Crippen molar-refractivity contribution in [2.24, 2.45) is 0 Å². The zero-order chi connectivity index (χ0) is 15.4. The molecule has 108 valence electrons. The summed E-state index contributed by atoms with van der Waals surface area (Å²) in [5.41, 5.74) is -0.496. The van der Waals surface area contributed by atoms with E-state index in [-0.39, 0.29) is 17.4 Å². The summed E-state index contributed by atoms with van der Waals surface area (Å²) in [4.78, 5) is 19.6. The number of hydrogen-bond acceptors (Lipinski definition) is 7. The highest BCUT2D eigenvalue weighted by Gasteiger charge is 2.17. The van der Waals surface area contributed by atoms with Gasteiger partial charge in [-0.25, -0.2) is 9.97 Å². The molecule has 7 nitrogen and oxygen atoms in total. The van der Waals surface area contributed by atoms with Gasteiger partial charge in [0.1, 0.15) is 16.9 Å². The number of pyridine rings is 1. The molecule has 0 radical (unpaired) electrons. The summed E-state index contributed by atoms with van der Waals surface area (Å²) in [5, 5.41) is 23.7. The molecule has 0 aliphatic heterocycles. The first-order valence-electron chi connectivity index (χ1n) is 6.31. The molecule has 2 rings (SSSR count). The number of thiazole rings is 1. The van der Waals surface area contributed by atoms with Crippen molar-refractivity contribution in [1.29, 1.82) is 5.26 Å². The third kappa shape index (κ3) is 3.32. The molecule has 0 aliphatic rings. The quantitative estimate of drug-likeness (QED) is 0.672. The lowest BCUT2D eigenvalue weighted by atomic mass is 10.3. The van der Waals surface area contributed by atoms with E-state index in [1.165, 1.54) is 17.0 Å². The van der Waals surface area contributed by atoms with Gasteiger partial charge in [0.2, 0.25) is 5.69 Å². The molecular weight excluding hydrogens is 290 g/mol. The lowest BCUT2D eigenvalue weighted by Crippen LogP contribution is -2.08. The molecule has 2 aromatic rings. The van der Waals surface area contributed by atoms with Gasteiger partial charge in [-0.15, -0.1) is 11.3 Å². The van der Waals surface area contributed by atoms with Crippen molar-refractivity contribution in [3.63, 3.8) is 0 Å². The highest BCUT2D eigenvalue weighted by Crippen LogP contribution is 2.25. The standard InChI is InChI=1S/C13H13N5O2S/c1-3-9-7-15-13(21-9)8(2)16-12-5-4-11(18(19)20)10(6-14)17-12/h4-5,7-8H,3H2,1-2H3,(H,16,17). The average molecular weight is 303 g/mol. The van der Waals surface area contributed by atoms with Crippen LogP contribution in [-0.2, 0) is 6.42 Å². The molecule has 0 aromatic carbocycles. The number of nitro groups is 1. The average Bonchev–Trinajstić information content (AvgIpc) is 2.95. The number of hydrogen-bond donors (Lipinski definition) is 1. The van der Waals surface area contributed by atoms with Gasteiger partial charge >= 0.3 is 5.69 Å². The highest BCUT2D eigenvalue weighted by atomic mass is 32.1. The Kier molecular flexibility index (Phi) is 4.45. The minimum atomic E-state index is -0.618. The van der Waals surface area contributed by atoms with E-state index >= 15 is 0 Å². The zero-order valence-corrected chi connectivity index (χ0v) is 12.3. The van der Waals surface area contributed by atoms with Crippen molar-refractivity contribution in [3.05, 3.63) is 44.0 Å². The van der Waals surface area contributed by atoms with E-state index in [4.69, 9.17) is 5.26 Å². The Bertz CT molecular complexity index is 707. The molecule has 0 saturated heterocycles. The smallest absolute Gasteiger partial charge is 0.305 e. The van der Waals surface area contributed by atoms with Crippen LogP contribution in [0, 0.1) is 21.4 Å². The molecule has 8 heteroatoms. The second-order valence-corrected chi connectivity index (χ2v) is 5.46.